The Morgan fingerprint density at radius 3 is 2.28 bits per heavy atom. The molecule has 122 valence electrons. The third-order valence-electron chi connectivity index (χ3n) is 3.66. The number of rotatable bonds is 5. The van der Waals surface area contributed by atoms with Gasteiger partial charge >= 0.3 is 0 Å². The SMILES string of the molecule is c1ccc(CNc2nc(Nc3ccccc3)c3nccnc3n2)cc1. The van der Waals surface area contributed by atoms with Gasteiger partial charge in [0, 0.05) is 24.6 Å². The molecule has 4 aromatic rings. The van der Waals surface area contributed by atoms with Crippen LogP contribution in [0.4, 0.5) is 17.5 Å². The van der Waals surface area contributed by atoms with Crippen LogP contribution in [-0.4, -0.2) is 19.9 Å². The third-order valence-corrected chi connectivity index (χ3v) is 3.66. The van der Waals surface area contributed by atoms with E-state index < -0.39 is 0 Å². The van der Waals surface area contributed by atoms with E-state index in [4.69, 9.17) is 0 Å². The largest absolute Gasteiger partial charge is 0.350 e. The van der Waals surface area contributed by atoms with Crippen LogP contribution >= 0.6 is 0 Å². The van der Waals surface area contributed by atoms with E-state index in [0.717, 1.165) is 11.3 Å². The number of para-hydroxylation sites is 1. The smallest absolute Gasteiger partial charge is 0.227 e. The second kappa shape index (κ2) is 6.92. The molecule has 0 amide bonds. The molecule has 6 nitrogen and oxygen atoms in total. The van der Waals surface area contributed by atoms with Crippen LogP contribution in [0.1, 0.15) is 5.56 Å². The first-order chi connectivity index (χ1) is 12.4. The summed E-state index contributed by atoms with van der Waals surface area (Å²) in [4.78, 5) is 17.7. The zero-order chi connectivity index (χ0) is 16.9. The molecule has 0 saturated carbocycles. The van der Waals surface area contributed by atoms with Crippen LogP contribution in [0.2, 0.25) is 0 Å². The Labute approximate surface area is 145 Å². The molecule has 0 spiro atoms. The van der Waals surface area contributed by atoms with Crippen LogP contribution in [0.5, 0.6) is 0 Å². The fourth-order valence-corrected chi connectivity index (χ4v) is 2.47. The highest BCUT2D eigenvalue weighted by Gasteiger charge is 2.10. The van der Waals surface area contributed by atoms with Crippen molar-refractivity contribution in [3.8, 4) is 0 Å². The molecule has 0 aliphatic rings. The molecule has 0 radical (unpaired) electrons. The Bertz CT molecular complexity index is 973. The zero-order valence-electron chi connectivity index (χ0n) is 13.4. The van der Waals surface area contributed by atoms with E-state index in [1.807, 2.05) is 48.5 Å². The summed E-state index contributed by atoms with van der Waals surface area (Å²) in [6, 6.07) is 20.0. The Morgan fingerprint density at radius 1 is 0.760 bits per heavy atom. The van der Waals surface area contributed by atoms with E-state index >= 15 is 0 Å². The maximum atomic E-state index is 4.58. The number of anilines is 3. The summed E-state index contributed by atoms with van der Waals surface area (Å²) in [6.45, 7) is 0.636. The summed E-state index contributed by atoms with van der Waals surface area (Å²) in [7, 11) is 0. The van der Waals surface area contributed by atoms with Crippen molar-refractivity contribution in [3.05, 3.63) is 78.6 Å². The van der Waals surface area contributed by atoms with Gasteiger partial charge in [0.15, 0.2) is 17.0 Å². The van der Waals surface area contributed by atoms with Gasteiger partial charge in [-0.3, -0.25) is 0 Å². The van der Waals surface area contributed by atoms with Crippen molar-refractivity contribution in [2.45, 2.75) is 6.54 Å². The van der Waals surface area contributed by atoms with Gasteiger partial charge < -0.3 is 10.6 Å². The first-order valence-corrected chi connectivity index (χ1v) is 7.97. The normalized spacial score (nSPS) is 10.6. The molecule has 0 unspecified atom stereocenters. The third kappa shape index (κ3) is 3.53. The summed E-state index contributed by atoms with van der Waals surface area (Å²) in [5.41, 5.74) is 3.27. The molecule has 4 rings (SSSR count). The van der Waals surface area contributed by atoms with Gasteiger partial charge in [-0.1, -0.05) is 48.5 Å². The molecule has 2 N–H and O–H groups in total. The van der Waals surface area contributed by atoms with Crippen molar-refractivity contribution < 1.29 is 0 Å². The van der Waals surface area contributed by atoms with Crippen molar-refractivity contribution >= 4 is 28.6 Å². The molecule has 2 aromatic carbocycles. The Hall–Kier alpha value is -3.54. The minimum Gasteiger partial charge on any atom is -0.350 e. The number of fused-ring (bicyclic) bond motifs is 1. The second-order valence-corrected chi connectivity index (χ2v) is 5.45. The van der Waals surface area contributed by atoms with E-state index in [0.29, 0.717) is 29.5 Å². The van der Waals surface area contributed by atoms with Crippen molar-refractivity contribution in [2.75, 3.05) is 10.6 Å². The lowest BCUT2D eigenvalue weighted by molar-refractivity contribution is 1.06. The summed E-state index contributed by atoms with van der Waals surface area (Å²) in [6.07, 6.45) is 3.27. The number of hydrogen-bond acceptors (Lipinski definition) is 6. The first kappa shape index (κ1) is 15.0. The van der Waals surface area contributed by atoms with Crippen LogP contribution in [0.25, 0.3) is 11.2 Å². The molecule has 6 heteroatoms. The summed E-state index contributed by atoms with van der Waals surface area (Å²) >= 11 is 0. The van der Waals surface area contributed by atoms with Gasteiger partial charge in [-0.05, 0) is 17.7 Å². The lowest BCUT2D eigenvalue weighted by atomic mass is 10.2. The Kier molecular flexibility index (Phi) is 4.16. The molecule has 0 atom stereocenters. The van der Waals surface area contributed by atoms with E-state index in [1.54, 1.807) is 12.4 Å². The predicted molar refractivity (Wildman–Crippen MR) is 98.6 cm³/mol. The van der Waals surface area contributed by atoms with Crippen LogP contribution in [0.3, 0.4) is 0 Å². The van der Waals surface area contributed by atoms with Crippen LogP contribution < -0.4 is 10.6 Å². The average Bonchev–Trinajstić information content (AvgIpc) is 2.68. The molecular weight excluding hydrogens is 312 g/mol. The monoisotopic (exact) mass is 328 g/mol. The van der Waals surface area contributed by atoms with E-state index in [2.05, 4.69) is 42.7 Å². The van der Waals surface area contributed by atoms with Gasteiger partial charge in [0.2, 0.25) is 5.95 Å². The number of hydrogen-bond donors (Lipinski definition) is 2. The highest BCUT2D eigenvalue weighted by Crippen LogP contribution is 2.22. The van der Waals surface area contributed by atoms with E-state index in [1.165, 1.54) is 0 Å². The molecule has 2 heterocycles. The fourth-order valence-electron chi connectivity index (χ4n) is 2.47. The molecule has 0 aliphatic heterocycles. The minimum absolute atomic E-state index is 0.510. The van der Waals surface area contributed by atoms with Gasteiger partial charge in [-0.2, -0.15) is 9.97 Å². The minimum atomic E-state index is 0.510. The fraction of sp³-hybridized carbons (Fsp3) is 0.0526. The van der Waals surface area contributed by atoms with Crippen LogP contribution in [0, 0.1) is 0 Å². The van der Waals surface area contributed by atoms with E-state index in [-0.39, 0.29) is 0 Å². The number of nitrogens with one attached hydrogen (secondary N) is 2. The first-order valence-electron chi connectivity index (χ1n) is 7.97. The maximum Gasteiger partial charge on any atom is 0.227 e. The van der Waals surface area contributed by atoms with Crippen molar-refractivity contribution in [3.63, 3.8) is 0 Å². The summed E-state index contributed by atoms with van der Waals surface area (Å²) in [5.74, 6) is 1.13. The number of aromatic nitrogens is 4. The number of benzene rings is 2. The van der Waals surface area contributed by atoms with Gasteiger partial charge in [-0.15, -0.1) is 0 Å². The van der Waals surface area contributed by atoms with Crippen molar-refractivity contribution in [2.24, 2.45) is 0 Å². The lowest BCUT2D eigenvalue weighted by Crippen LogP contribution is -2.07. The average molecular weight is 328 g/mol. The topological polar surface area (TPSA) is 75.6 Å². The summed E-state index contributed by atoms with van der Waals surface area (Å²) < 4.78 is 0. The molecular formula is C19H16N6. The van der Waals surface area contributed by atoms with Gasteiger partial charge in [0.05, 0.1) is 0 Å². The molecule has 0 saturated heterocycles. The van der Waals surface area contributed by atoms with Gasteiger partial charge in [0.1, 0.15) is 0 Å². The highest BCUT2D eigenvalue weighted by atomic mass is 15.2. The van der Waals surface area contributed by atoms with Crippen molar-refractivity contribution in [1.82, 2.24) is 19.9 Å². The van der Waals surface area contributed by atoms with Gasteiger partial charge in [0.25, 0.3) is 0 Å². The standard InChI is InChI=1S/C19H16N6/c1-3-7-14(8-4-1)13-22-19-24-17-16(20-11-12-21-17)18(25-19)23-15-9-5-2-6-10-15/h1-12H,13H2,(H2,21,22,23,24,25). The Balaban J connectivity index is 1.66. The molecule has 0 fully saturated rings. The van der Waals surface area contributed by atoms with Crippen LogP contribution in [-0.2, 0) is 6.54 Å². The summed E-state index contributed by atoms with van der Waals surface area (Å²) in [5, 5.41) is 6.54. The maximum absolute atomic E-state index is 4.58. The molecule has 0 aliphatic carbocycles. The zero-order valence-corrected chi connectivity index (χ0v) is 13.4. The molecule has 2 aromatic heterocycles. The molecule has 25 heavy (non-hydrogen) atoms. The van der Waals surface area contributed by atoms with Crippen LogP contribution in [0.15, 0.2) is 73.1 Å². The predicted octanol–water partition coefficient (Wildman–Crippen LogP) is 3.78. The lowest BCUT2D eigenvalue weighted by Gasteiger charge is -2.10. The number of nitrogens with zero attached hydrogens (tertiary/aromatic N) is 4. The Morgan fingerprint density at radius 2 is 1.48 bits per heavy atom. The molecule has 0 bridgehead atoms. The highest BCUT2D eigenvalue weighted by molar-refractivity contribution is 5.85. The quantitative estimate of drug-likeness (QED) is 0.581. The van der Waals surface area contributed by atoms with E-state index in [9.17, 15) is 0 Å². The van der Waals surface area contributed by atoms with Gasteiger partial charge in [-0.25, -0.2) is 9.97 Å². The van der Waals surface area contributed by atoms with Crippen molar-refractivity contribution in [1.29, 1.82) is 0 Å². The second-order valence-electron chi connectivity index (χ2n) is 5.45.